The van der Waals surface area contributed by atoms with Gasteiger partial charge in [0.05, 0.1) is 13.2 Å². The van der Waals surface area contributed by atoms with E-state index in [1.165, 1.54) is 10.2 Å². The van der Waals surface area contributed by atoms with Gasteiger partial charge in [0, 0.05) is 47.9 Å². The van der Waals surface area contributed by atoms with Crippen LogP contribution in [0.4, 0.5) is 5.69 Å². The SMILES string of the molecule is Cc1ccc(C2CC2COc2cc(NCc3ncc(C)s3)c(=O)n(C)n2)nc1. The lowest BCUT2D eigenvalue weighted by Gasteiger charge is -2.10. The van der Waals surface area contributed by atoms with Crippen molar-refractivity contribution in [3.8, 4) is 5.88 Å². The summed E-state index contributed by atoms with van der Waals surface area (Å²) in [7, 11) is 1.63. The van der Waals surface area contributed by atoms with Crippen LogP contribution >= 0.6 is 11.3 Å². The molecule has 0 saturated heterocycles. The monoisotopic (exact) mass is 397 g/mol. The molecule has 1 N–H and O–H groups in total. The molecule has 1 fully saturated rings. The Balaban J connectivity index is 1.37. The highest BCUT2D eigenvalue weighted by molar-refractivity contribution is 7.11. The first-order valence-electron chi connectivity index (χ1n) is 9.28. The highest BCUT2D eigenvalue weighted by Crippen LogP contribution is 2.46. The van der Waals surface area contributed by atoms with Crippen LogP contribution in [-0.4, -0.2) is 26.4 Å². The number of thiazole rings is 1. The van der Waals surface area contributed by atoms with Crippen molar-refractivity contribution in [3.63, 3.8) is 0 Å². The molecule has 3 aromatic rings. The molecular weight excluding hydrogens is 374 g/mol. The van der Waals surface area contributed by atoms with Crippen LogP contribution in [0.5, 0.6) is 5.88 Å². The molecule has 3 aromatic heterocycles. The molecule has 2 atom stereocenters. The number of hydrogen-bond acceptors (Lipinski definition) is 7. The van der Waals surface area contributed by atoms with Gasteiger partial charge in [-0.25, -0.2) is 9.67 Å². The molecule has 2 unspecified atom stereocenters. The smallest absolute Gasteiger partial charge is 0.290 e. The molecule has 0 aliphatic heterocycles. The van der Waals surface area contributed by atoms with E-state index in [0.717, 1.165) is 22.0 Å². The molecule has 3 heterocycles. The topological polar surface area (TPSA) is 81.9 Å². The molecule has 0 bridgehead atoms. The molecule has 1 aliphatic rings. The summed E-state index contributed by atoms with van der Waals surface area (Å²) in [6.45, 7) is 5.12. The Kier molecular flexibility index (Phi) is 5.13. The molecule has 1 aliphatic carbocycles. The van der Waals surface area contributed by atoms with Gasteiger partial charge in [0.15, 0.2) is 0 Å². The molecule has 0 amide bonds. The maximum Gasteiger partial charge on any atom is 0.290 e. The van der Waals surface area contributed by atoms with Crippen LogP contribution in [-0.2, 0) is 13.6 Å². The first-order chi connectivity index (χ1) is 13.5. The molecule has 28 heavy (non-hydrogen) atoms. The molecule has 0 radical (unpaired) electrons. The van der Waals surface area contributed by atoms with E-state index < -0.39 is 0 Å². The molecule has 0 spiro atoms. The predicted molar refractivity (Wildman–Crippen MR) is 109 cm³/mol. The fourth-order valence-corrected chi connectivity index (χ4v) is 3.84. The number of hydrogen-bond donors (Lipinski definition) is 1. The number of aromatic nitrogens is 4. The molecule has 0 aromatic carbocycles. The van der Waals surface area contributed by atoms with Gasteiger partial charge in [-0.1, -0.05) is 6.07 Å². The summed E-state index contributed by atoms with van der Waals surface area (Å²) in [5.41, 5.74) is 2.56. The van der Waals surface area contributed by atoms with Gasteiger partial charge in [-0.15, -0.1) is 16.4 Å². The van der Waals surface area contributed by atoms with Crippen molar-refractivity contribution in [2.24, 2.45) is 13.0 Å². The standard InChI is InChI=1S/C20H23N5O2S/c1-12-4-5-16(21-8-12)15-6-14(15)11-27-18-7-17(20(26)25(3)24-18)22-10-19-23-9-13(2)28-19/h4-5,7-9,14-15,22H,6,10-11H2,1-3H3. The normalized spacial score (nSPS) is 18.1. The first-order valence-corrected chi connectivity index (χ1v) is 10.1. The number of aryl methyl sites for hydroxylation is 3. The minimum absolute atomic E-state index is 0.186. The number of nitrogens with zero attached hydrogens (tertiary/aromatic N) is 4. The Bertz CT molecular complexity index is 1030. The van der Waals surface area contributed by atoms with Gasteiger partial charge < -0.3 is 10.1 Å². The predicted octanol–water partition coefficient (Wildman–Crippen LogP) is 3.04. The average Bonchev–Trinajstić information content (AvgIpc) is 3.34. The second kappa shape index (κ2) is 7.71. The third kappa shape index (κ3) is 4.22. The molecule has 8 heteroatoms. The summed E-state index contributed by atoms with van der Waals surface area (Å²) < 4.78 is 7.19. The molecule has 4 rings (SSSR count). The van der Waals surface area contributed by atoms with Crippen LogP contribution in [0.1, 0.15) is 33.5 Å². The van der Waals surface area contributed by atoms with E-state index in [0.29, 0.717) is 36.6 Å². The highest BCUT2D eigenvalue weighted by atomic mass is 32.1. The zero-order valence-corrected chi connectivity index (χ0v) is 17.0. The van der Waals surface area contributed by atoms with Gasteiger partial charge in [-0.05, 0) is 31.9 Å². The van der Waals surface area contributed by atoms with Crippen molar-refractivity contribution >= 4 is 17.0 Å². The summed E-state index contributed by atoms with van der Waals surface area (Å²) in [6, 6.07) is 5.85. The average molecular weight is 398 g/mol. The van der Waals surface area contributed by atoms with Crippen molar-refractivity contribution in [3.05, 3.63) is 62.1 Å². The second-order valence-electron chi connectivity index (χ2n) is 7.22. The van der Waals surface area contributed by atoms with E-state index in [2.05, 4.69) is 32.5 Å². The van der Waals surface area contributed by atoms with E-state index in [1.54, 1.807) is 24.5 Å². The largest absolute Gasteiger partial charge is 0.476 e. The van der Waals surface area contributed by atoms with Gasteiger partial charge in [0.25, 0.3) is 5.56 Å². The zero-order valence-electron chi connectivity index (χ0n) is 16.2. The Morgan fingerprint density at radius 2 is 2.14 bits per heavy atom. The van der Waals surface area contributed by atoms with Crippen molar-refractivity contribution in [1.29, 1.82) is 0 Å². The molecular formula is C20H23N5O2S. The Hall–Kier alpha value is -2.74. The number of ether oxygens (including phenoxy) is 1. The fraction of sp³-hybridized carbons (Fsp3) is 0.400. The Labute approximate surface area is 167 Å². The Morgan fingerprint density at radius 3 is 2.86 bits per heavy atom. The van der Waals surface area contributed by atoms with E-state index in [-0.39, 0.29) is 5.56 Å². The Morgan fingerprint density at radius 1 is 1.29 bits per heavy atom. The van der Waals surface area contributed by atoms with Crippen LogP contribution in [0, 0.1) is 19.8 Å². The lowest BCUT2D eigenvalue weighted by Crippen LogP contribution is -2.24. The number of nitrogens with one attached hydrogen (secondary N) is 1. The van der Waals surface area contributed by atoms with Crippen LogP contribution in [0.15, 0.2) is 35.4 Å². The summed E-state index contributed by atoms with van der Waals surface area (Å²) >= 11 is 1.61. The number of pyridine rings is 1. The summed E-state index contributed by atoms with van der Waals surface area (Å²) in [4.78, 5) is 22.3. The zero-order chi connectivity index (χ0) is 19.7. The maximum absolute atomic E-state index is 12.3. The minimum atomic E-state index is -0.186. The fourth-order valence-electron chi connectivity index (χ4n) is 3.12. The minimum Gasteiger partial charge on any atom is -0.476 e. The second-order valence-corrected chi connectivity index (χ2v) is 8.54. The van der Waals surface area contributed by atoms with Crippen LogP contribution in [0.25, 0.3) is 0 Å². The highest BCUT2D eigenvalue weighted by Gasteiger charge is 2.40. The molecule has 146 valence electrons. The quantitative estimate of drug-likeness (QED) is 0.660. The molecule has 1 saturated carbocycles. The van der Waals surface area contributed by atoms with E-state index >= 15 is 0 Å². The van der Waals surface area contributed by atoms with E-state index in [1.807, 2.05) is 26.2 Å². The third-order valence-corrected chi connectivity index (χ3v) is 5.73. The molecule has 7 nitrogen and oxygen atoms in total. The first kappa shape index (κ1) is 18.6. The van der Waals surface area contributed by atoms with Crippen LogP contribution < -0.4 is 15.6 Å². The van der Waals surface area contributed by atoms with E-state index in [9.17, 15) is 4.79 Å². The van der Waals surface area contributed by atoms with Crippen LogP contribution in [0.2, 0.25) is 0 Å². The third-order valence-electron chi connectivity index (χ3n) is 4.82. The summed E-state index contributed by atoms with van der Waals surface area (Å²) in [6.07, 6.45) is 4.80. The maximum atomic E-state index is 12.3. The van der Waals surface area contributed by atoms with Crippen molar-refractivity contribution in [2.75, 3.05) is 11.9 Å². The number of anilines is 1. The van der Waals surface area contributed by atoms with Crippen molar-refractivity contribution in [1.82, 2.24) is 19.7 Å². The van der Waals surface area contributed by atoms with Crippen LogP contribution in [0.3, 0.4) is 0 Å². The number of rotatable bonds is 7. The van der Waals surface area contributed by atoms with Crippen molar-refractivity contribution < 1.29 is 4.74 Å². The van der Waals surface area contributed by atoms with Gasteiger partial charge in [-0.3, -0.25) is 9.78 Å². The van der Waals surface area contributed by atoms with Gasteiger partial charge in [-0.2, -0.15) is 0 Å². The van der Waals surface area contributed by atoms with Crippen molar-refractivity contribution in [2.45, 2.75) is 32.7 Å². The summed E-state index contributed by atoms with van der Waals surface area (Å²) in [5.74, 6) is 1.32. The summed E-state index contributed by atoms with van der Waals surface area (Å²) in [5, 5.41) is 8.30. The van der Waals surface area contributed by atoms with Gasteiger partial charge in [0.2, 0.25) is 5.88 Å². The van der Waals surface area contributed by atoms with E-state index in [4.69, 9.17) is 4.74 Å². The van der Waals surface area contributed by atoms with Gasteiger partial charge >= 0.3 is 0 Å². The lowest BCUT2D eigenvalue weighted by molar-refractivity contribution is 0.278. The van der Waals surface area contributed by atoms with Gasteiger partial charge in [0.1, 0.15) is 10.7 Å². The lowest BCUT2D eigenvalue weighted by atomic mass is 10.2.